The summed E-state index contributed by atoms with van der Waals surface area (Å²) in [6, 6.07) is 10.3. The van der Waals surface area contributed by atoms with E-state index in [1.807, 2.05) is 9.80 Å². The maximum absolute atomic E-state index is 13.2. The molecule has 2 aliphatic heterocycles. The van der Waals surface area contributed by atoms with Crippen molar-refractivity contribution in [2.45, 2.75) is 25.6 Å². The van der Waals surface area contributed by atoms with Crippen molar-refractivity contribution in [1.82, 2.24) is 15.1 Å². The number of carbonyl (C=O) groups is 4. The van der Waals surface area contributed by atoms with E-state index in [0.29, 0.717) is 43.1 Å². The molecule has 0 aromatic heterocycles. The zero-order valence-electron chi connectivity index (χ0n) is 22.6. The highest BCUT2D eigenvalue weighted by molar-refractivity contribution is 5.98. The molecule has 41 heavy (non-hydrogen) atoms. The van der Waals surface area contributed by atoms with Crippen LogP contribution in [0.2, 0.25) is 0 Å². The summed E-state index contributed by atoms with van der Waals surface area (Å²) < 4.78 is 44.2. The van der Waals surface area contributed by atoms with Crippen LogP contribution in [0.15, 0.2) is 48.5 Å². The fourth-order valence-corrected chi connectivity index (χ4v) is 4.83. The molecular formula is C28H32F3N5O5. The second-order valence-electron chi connectivity index (χ2n) is 9.76. The second-order valence-corrected chi connectivity index (χ2v) is 9.76. The summed E-state index contributed by atoms with van der Waals surface area (Å²) >= 11 is 0. The van der Waals surface area contributed by atoms with Gasteiger partial charge in [-0.3, -0.25) is 19.3 Å². The molecule has 3 amide bonds. The molecule has 2 N–H and O–H groups in total. The number of ether oxygens (including phenoxy) is 1. The van der Waals surface area contributed by atoms with Crippen molar-refractivity contribution in [2.24, 2.45) is 0 Å². The first-order valence-electron chi connectivity index (χ1n) is 13.3. The van der Waals surface area contributed by atoms with Gasteiger partial charge in [0.15, 0.2) is 0 Å². The van der Waals surface area contributed by atoms with Crippen LogP contribution in [-0.2, 0) is 25.3 Å². The molecule has 1 atom stereocenters. The number of nitrogens with zero attached hydrogens (tertiary/aromatic N) is 3. The van der Waals surface area contributed by atoms with Gasteiger partial charge in [0.2, 0.25) is 17.7 Å². The van der Waals surface area contributed by atoms with Crippen molar-refractivity contribution < 1.29 is 37.1 Å². The molecule has 2 fully saturated rings. The summed E-state index contributed by atoms with van der Waals surface area (Å²) in [5, 5.41) is 5.38. The molecule has 2 aromatic carbocycles. The normalized spacial score (nSPS) is 18.0. The van der Waals surface area contributed by atoms with Gasteiger partial charge in [-0.2, -0.15) is 13.2 Å². The number of anilines is 2. The lowest BCUT2D eigenvalue weighted by Crippen LogP contribution is -2.60. The zero-order valence-corrected chi connectivity index (χ0v) is 22.6. The van der Waals surface area contributed by atoms with Crippen LogP contribution in [0.3, 0.4) is 0 Å². The monoisotopic (exact) mass is 575 g/mol. The summed E-state index contributed by atoms with van der Waals surface area (Å²) in [5.74, 6) is -1.67. The van der Waals surface area contributed by atoms with Crippen LogP contribution >= 0.6 is 0 Å². The van der Waals surface area contributed by atoms with Gasteiger partial charge in [-0.05, 0) is 49.4 Å². The summed E-state index contributed by atoms with van der Waals surface area (Å²) in [6.45, 7) is 4.27. The number of piperazine rings is 2. The molecule has 0 aliphatic carbocycles. The van der Waals surface area contributed by atoms with Crippen molar-refractivity contribution in [1.29, 1.82) is 0 Å². The third kappa shape index (κ3) is 7.75. The Bertz CT molecular complexity index is 1260. The minimum atomic E-state index is -4.42. The molecule has 10 nitrogen and oxygen atoms in total. The van der Waals surface area contributed by atoms with E-state index in [1.165, 1.54) is 23.1 Å². The van der Waals surface area contributed by atoms with Gasteiger partial charge in [0.25, 0.3) is 0 Å². The van der Waals surface area contributed by atoms with Crippen LogP contribution in [0.1, 0.15) is 29.3 Å². The van der Waals surface area contributed by atoms with Crippen LogP contribution < -0.4 is 15.5 Å². The van der Waals surface area contributed by atoms with Gasteiger partial charge in [-0.1, -0.05) is 6.07 Å². The Morgan fingerprint density at radius 1 is 1.02 bits per heavy atom. The van der Waals surface area contributed by atoms with E-state index in [1.54, 1.807) is 25.1 Å². The minimum Gasteiger partial charge on any atom is -0.462 e. The van der Waals surface area contributed by atoms with Gasteiger partial charge in [-0.25, -0.2) is 4.79 Å². The van der Waals surface area contributed by atoms with Crippen LogP contribution in [0.4, 0.5) is 24.5 Å². The lowest BCUT2D eigenvalue weighted by molar-refractivity contribution is -0.145. The average molecular weight is 576 g/mol. The molecule has 220 valence electrons. The Balaban J connectivity index is 1.31. The predicted octanol–water partition coefficient (Wildman–Crippen LogP) is 2.36. The molecular weight excluding hydrogens is 543 g/mol. The van der Waals surface area contributed by atoms with E-state index >= 15 is 0 Å². The van der Waals surface area contributed by atoms with E-state index in [9.17, 15) is 32.3 Å². The number of benzene rings is 2. The molecule has 4 rings (SSSR count). The topological polar surface area (TPSA) is 111 Å². The largest absolute Gasteiger partial charge is 0.462 e. The van der Waals surface area contributed by atoms with E-state index < -0.39 is 35.6 Å². The number of alkyl halides is 3. The standard InChI is InChI=1S/C28H32F3N5O5/c1-2-41-27(40)19-6-8-21(9-7-19)33-24(37)17-23-26(39)32-10-11-36(23)25(38)18-34-12-14-35(15-13-34)22-5-3-4-20(16-22)28(29,30)31/h3-9,16,23H,2,10-15,17-18H2,1H3,(H,32,39)(H,33,37). The number of hydrogen-bond acceptors (Lipinski definition) is 7. The highest BCUT2D eigenvalue weighted by Crippen LogP contribution is 2.32. The Kier molecular flexibility index (Phi) is 9.48. The van der Waals surface area contributed by atoms with Crippen molar-refractivity contribution in [3.05, 3.63) is 59.7 Å². The quantitative estimate of drug-likeness (QED) is 0.465. The van der Waals surface area contributed by atoms with Crippen molar-refractivity contribution in [3.63, 3.8) is 0 Å². The van der Waals surface area contributed by atoms with Crippen molar-refractivity contribution in [3.8, 4) is 0 Å². The van der Waals surface area contributed by atoms with E-state index in [4.69, 9.17) is 4.74 Å². The maximum atomic E-state index is 13.2. The number of halogens is 3. The fourth-order valence-electron chi connectivity index (χ4n) is 4.83. The number of amides is 3. The third-order valence-electron chi connectivity index (χ3n) is 6.98. The summed E-state index contributed by atoms with van der Waals surface area (Å²) in [6.07, 6.45) is -4.67. The zero-order chi connectivity index (χ0) is 29.6. The molecule has 2 heterocycles. The molecule has 13 heteroatoms. The Labute approximate surface area is 235 Å². The van der Waals surface area contributed by atoms with Crippen molar-refractivity contribution in [2.75, 3.05) is 62.6 Å². The fraction of sp³-hybridized carbons (Fsp3) is 0.429. The number of nitrogens with one attached hydrogen (secondary N) is 2. The molecule has 0 saturated carbocycles. The molecule has 2 aliphatic rings. The maximum Gasteiger partial charge on any atom is 0.416 e. The molecule has 2 saturated heterocycles. The Morgan fingerprint density at radius 3 is 2.39 bits per heavy atom. The molecule has 0 bridgehead atoms. The van der Waals surface area contributed by atoms with Gasteiger partial charge in [0.05, 0.1) is 30.7 Å². The Hall–Kier alpha value is -4.13. The van der Waals surface area contributed by atoms with E-state index in [2.05, 4.69) is 10.6 Å². The number of carbonyl (C=O) groups excluding carboxylic acids is 4. The van der Waals surface area contributed by atoms with Gasteiger partial charge in [-0.15, -0.1) is 0 Å². The number of hydrogen-bond donors (Lipinski definition) is 2. The molecule has 0 radical (unpaired) electrons. The van der Waals surface area contributed by atoms with Crippen LogP contribution in [0, 0.1) is 0 Å². The lowest BCUT2D eigenvalue weighted by Gasteiger charge is -2.39. The van der Waals surface area contributed by atoms with Crippen molar-refractivity contribution >= 4 is 35.1 Å². The van der Waals surface area contributed by atoms with Gasteiger partial charge in [0.1, 0.15) is 6.04 Å². The first-order valence-corrected chi connectivity index (χ1v) is 13.3. The van der Waals surface area contributed by atoms with Gasteiger partial charge < -0.3 is 25.2 Å². The van der Waals surface area contributed by atoms with Crippen LogP contribution in [0.5, 0.6) is 0 Å². The van der Waals surface area contributed by atoms with Gasteiger partial charge in [0, 0.05) is 50.6 Å². The predicted molar refractivity (Wildman–Crippen MR) is 144 cm³/mol. The molecule has 2 aromatic rings. The van der Waals surface area contributed by atoms with Crippen LogP contribution in [0.25, 0.3) is 0 Å². The highest BCUT2D eigenvalue weighted by atomic mass is 19.4. The SMILES string of the molecule is CCOC(=O)c1ccc(NC(=O)CC2C(=O)NCCN2C(=O)CN2CCN(c3cccc(C(F)(F)F)c3)CC2)cc1. The summed E-state index contributed by atoms with van der Waals surface area (Å²) in [7, 11) is 0. The summed E-state index contributed by atoms with van der Waals surface area (Å²) in [4.78, 5) is 55.6. The highest BCUT2D eigenvalue weighted by Gasteiger charge is 2.36. The van der Waals surface area contributed by atoms with E-state index in [0.717, 1.165) is 12.1 Å². The average Bonchev–Trinajstić information content (AvgIpc) is 2.94. The summed E-state index contributed by atoms with van der Waals surface area (Å²) in [5.41, 5.74) is 0.527. The lowest BCUT2D eigenvalue weighted by atomic mass is 10.1. The van der Waals surface area contributed by atoms with E-state index in [-0.39, 0.29) is 38.6 Å². The minimum absolute atomic E-state index is 0.0250. The molecule has 1 unspecified atom stereocenters. The Morgan fingerprint density at radius 2 is 1.73 bits per heavy atom. The van der Waals surface area contributed by atoms with Crippen LogP contribution in [-0.4, -0.2) is 92.0 Å². The first-order chi connectivity index (χ1) is 19.5. The smallest absolute Gasteiger partial charge is 0.416 e. The number of rotatable bonds is 8. The first kappa shape index (κ1) is 29.8. The van der Waals surface area contributed by atoms with Gasteiger partial charge >= 0.3 is 12.1 Å². The third-order valence-corrected chi connectivity index (χ3v) is 6.98. The second kappa shape index (κ2) is 13.0. The molecule has 0 spiro atoms. The number of esters is 1.